The number of carbonyl (C=O) groups is 1. The van der Waals surface area contributed by atoms with E-state index in [0.29, 0.717) is 11.9 Å². The van der Waals surface area contributed by atoms with E-state index in [1.54, 1.807) is 0 Å². The molecule has 20 heavy (non-hydrogen) atoms. The Labute approximate surface area is 123 Å². The molecule has 3 atom stereocenters. The highest BCUT2D eigenvalue weighted by Crippen LogP contribution is 2.26. The highest BCUT2D eigenvalue weighted by Gasteiger charge is 2.33. The highest BCUT2D eigenvalue weighted by molar-refractivity contribution is 5.81. The number of likely N-dealkylation sites (N-methyl/N-ethyl adjacent to an activating group) is 1. The van der Waals surface area contributed by atoms with Crippen LogP contribution in [0.2, 0.25) is 0 Å². The Bertz CT molecular complexity index is 311. The fourth-order valence-corrected chi connectivity index (χ4v) is 3.79. The van der Waals surface area contributed by atoms with E-state index in [1.807, 2.05) is 4.90 Å². The molecule has 0 aliphatic carbocycles. The summed E-state index contributed by atoms with van der Waals surface area (Å²) >= 11 is 0. The molecule has 2 fully saturated rings. The molecule has 2 aliphatic rings. The van der Waals surface area contributed by atoms with Crippen LogP contribution in [-0.2, 0) is 4.79 Å². The van der Waals surface area contributed by atoms with Crippen molar-refractivity contribution in [2.45, 2.75) is 58.5 Å². The Morgan fingerprint density at radius 2 is 2.05 bits per heavy atom. The third-order valence-electron chi connectivity index (χ3n) is 5.14. The summed E-state index contributed by atoms with van der Waals surface area (Å²) in [5.74, 6) is 1.04. The van der Waals surface area contributed by atoms with Crippen LogP contribution in [0.3, 0.4) is 0 Å². The molecule has 1 amide bonds. The fourth-order valence-electron chi connectivity index (χ4n) is 3.79. The van der Waals surface area contributed by atoms with Gasteiger partial charge < -0.3 is 10.2 Å². The van der Waals surface area contributed by atoms with Crippen molar-refractivity contribution in [3.63, 3.8) is 0 Å². The van der Waals surface area contributed by atoms with Crippen molar-refractivity contribution in [1.82, 2.24) is 15.1 Å². The number of rotatable bonds is 5. The maximum Gasteiger partial charge on any atom is 0.239 e. The molecule has 2 aliphatic heterocycles. The van der Waals surface area contributed by atoms with Gasteiger partial charge in [0.2, 0.25) is 5.91 Å². The summed E-state index contributed by atoms with van der Waals surface area (Å²) in [7, 11) is 0. The molecule has 0 spiro atoms. The number of carbonyl (C=O) groups excluding carboxylic acids is 1. The third-order valence-corrected chi connectivity index (χ3v) is 5.14. The molecule has 2 heterocycles. The van der Waals surface area contributed by atoms with Gasteiger partial charge >= 0.3 is 0 Å². The van der Waals surface area contributed by atoms with Gasteiger partial charge in [-0.25, -0.2) is 0 Å². The number of amides is 1. The van der Waals surface area contributed by atoms with Gasteiger partial charge in [-0.15, -0.1) is 0 Å². The predicted octanol–water partition coefficient (Wildman–Crippen LogP) is 1.71. The monoisotopic (exact) mass is 281 g/mol. The Morgan fingerprint density at radius 1 is 1.30 bits per heavy atom. The number of nitrogens with one attached hydrogen (secondary N) is 1. The smallest absolute Gasteiger partial charge is 0.239 e. The zero-order chi connectivity index (χ0) is 14.5. The molecule has 0 radical (unpaired) electrons. The van der Waals surface area contributed by atoms with E-state index in [-0.39, 0.29) is 6.04 Å². The summed E-state index contributed by atoms with van der Waals surface area (Å²) in [5, 5.41) is 3.64. The van der Waals surface area contributed by atoms with E-state index in [0.717, 1.165) is 32.1 Å². The van der Waals surface area contributed by atoms with Crippen LogP contribution >= 0.6 is 0 Å². The molecule has 0 aromatic carbocycles. The van der Waals surface area contributed by atoms with Gasteiger partial charge in [-0.2, -0.15) is 0 Å². The van der Waals surface area contributed by atoms with Crippen LogP contribution in [0.5, 0.6) is 0 Å². The largest absolute Gasteiger partial charge is 0.342 e. The molecule has 0 aromatic heterocycles. The Kier molecular flexibility index (Phi) is 5.85. The molecule has 2 rings (SSSR count). The fraction of sp³-hybridized carbons (Fsp3) is 0.938. The SMILES string of the molecule is CCN(CC)C(=O)C(C)N1CCCC(C2CCCN2)C1. The van der Waals surface area contributed by atoms with Crippen LogP contribution in [0, 0.1) is 5.92 Å². The van der Waals surface area contributed by atoms with Crippen LogP contribution in [0.15, 0.2) is 0 Å². The molecule has 0 bridgehead atoms. The first kappa shape index (κ1) is 15.8. The zero-order valence-electron chi connectivity index (χ0n) is 13.4. The Balaban J connectivity index is 1.92. The minimum atomic E-state index is 0.0408. The minimum Gasteiger partial charge on any atom is -0.342 e. The first-order valence-electron chi connectivity index (χ1n) is 8.43. The van der Waals surface area contributed by atoms with Crippen molar-refractivity contribution in [3.05, 3.63) is 0 Å². The van der Waals surface area contributed by atoms with E-state index in [4.69, 9.17) is 0 Å². The van der Waals surface area contributed by atoms with Gasteiger partial charge in [0.15, 0.2) is 0 Å². The molecule has 4 heteroatoms. The van der Waals surface area contributed by atoms with Crippen LogP contribution in [-0.4, -0.2) is 60.5 Å². The van der Waals surface area contributed by atoms with Gasteiger partial charge in [0.1, 0.15) is 0 Å². The van der Waals surface area contributed by atoms with Gasteiger partial charge in [0, 0.05) is 25.7 Å². The van der Waals surface area contributed by atoms with E-state index in [1.165, 1.54) is 32.2 Å². The van der Waals surface area contributed by atoms with Crippen molar-refractivity contribution in [1.29, 1.82) is 0 Å². The summed E-state index contributed by atoms with van der Waals surface area (Å²) in [5.41, 5.74) is 0. The molecule has 116 valence electrons. The predicted molar refractivity (Wildman–Crippen MR) is 82.7 cm³/mol. The molecule has 4 nitrogen and oxygen atoms in total. The molecule has 0 aromatic rings. The summed E-state index contributed by atoms with van der Waals surface area (Å²) < 4.78 is 0. The first-order valence-corrected chi connectivity index (χ1v) is 8.43. The van der Waals surface area contributed by atoms with Crippen molar-refractivity contribution in [2.75, 3.05) is 32.7 Å². The van der Waals surface area contributed by atoms with Crippen molar-refractivity contribution >= 4 is 5.91 Å². The van der Waals surface area contributed by atoms with Crippen LogP contribution in [0.4, 0.5) is 0 Å². The molecule has 3 unspecified atom stereocenters. The average Bonchev–Trinajstić information content (AvgIpc) is 3.02. The molecule has 0 saturated carbocycles. The number of likely N-dealkylation sites (tertiary alicyclic amines) is 1. The lowest BCUT2D eigenvalue weighted by Crippen LogP contribution is -2.52. The van der Waals surface area contributed by atoms with Gasteiger partial charge in [-0.1, -0.05) is 0 Å². The number of hydrogen-bond donors (Lipinski definition) is 1. The van der Waals surface area contributed by atoms with E-state index >= 15 is 0 Å². The van der Waals surface area contributed by atoms with Crippen LogP contribution < -0.4 is 5.32 Å². The van der Waals surface area contributed by atoms with Crippen LogP contribution in [0.25, 0.3) is 0 Å². The summed E-state index contributed by atoms with van der Waals surface area (Å²) in [6, 6.07) is 0.729. The van der Waals surface area contributed by atoms with Gasteiger partial charge in [0.25, 0.3) is 0 Å². The first-order chi connectivity index (χ1) is 9.67. The minimum absolute atomic E-state index is 0.0408. The standard InChI is InChI=1S/C16H31N3O/c1-4-18(5-2)16(20)13(3)19-11-7-8-14(12-19)15-9-6-10-17-15/h13-15,17H,4-12H2,1-3H3. The molecular formula is C16H31N3O. The highest BCUT2D eigenvalue weighted by atomic mass is 16.2. The topological polar surface area (TPSA) is 35.6 Å². The van der Waals surface area contributed by atoms with Gasteiger partial charge in [-0.05, 0) is 65.5 Å². The second-order valence-corrected chi connectivity index (χ2v) is 6.29. The summed E-state index contributed by atoms with van der Waals surface area (Å²) in [6.45, 7) is 11.2. The van der Waals surface area contributed by atoms with Crippen molar-refractivity contribution in [3.8, 4) is 0 Å². The second-order valence-electron chi connectivity index (χ2n) is 6.29. The lowest BCUT2D eigenvalue weighted by Gasteiger charge is -2.39. The number of hydrogen-bond acceptors (Lipinski definition) is 3. The van der Waals surface area contributed by atoms with E-state index in [2.05, 4.69) is 31.0 Å². The number of piperidine rings is 1. The van der Waals surface area contributed by atoms with Crippen molar-refractivity contribution in [2.24, 2.45) is 5.92 Å². The molecule has 2 saturated heterocycles. The van der Waals surface area contributed by atoms with E-state index < -0.39 is 0 Å². The normalized spacial score (nSPS) is 29.4. The lowest BCUT2D eigenvalue weighted by molar-refractivity contribution is -0.136. The second kappa shape index (κ2) is 7.41. The van der Waals surface area contributed by atoms with E-state index in [9.17, 15) is 4.79 Å². The summed E-state index contributed by atoms with van der Waals surface area (Å²) in [4.78, 5) is 16.9. The van der Waals surface area contributed by atoms with Crippen LogP contribution in [0.1, 0.15) is 46.5 Å². The average molecular weight is 281 g/mol. The quantitative estimate of drug-likeness (QED) is 0.833. The Morgan fingerprint density at radius 3 is 2.65 bits per heavy atom. The Hall–Kier alpha value is -0.610. The third kappa shape index (κ3) is 3.53. The molecular weight excluding hydrogens is 250 g/mol. The maximum atomic E-state index is 12.5. The summed E-state index contributed by atoms with van der Waals surface area (Å²) in [6.07, 6.45) is 5.19. The maximum absolute atomic E-state index is 12.5. The van der Waals surface area contributed by atoms with Gasteiger partial charge in [0.05, 0.1) is 6.04 Å². The van der Waals surface area contributed by atoms with Crippen molar-refractivity contribution < 1.29 is 4.79 Å². The molecule has 1 N–H and O–H groups in total. The lowest BCUT2D eigenvalue weighted by atomic mass is 9.89. The zero-order valence-corrected chi connectivity index (χ0v) is 13.4. The van der Waals surface area contributed by atoms with Gasteiger partial charge in [-0.3, -0.25) is 9.69 Å². The number of nitrogens with zero attached hydrogens (tertiary/aromatic N) is 2.